The van der Waals surface area contributed by atoms with Gasteiger partial charge in [-0.1, -0.05) is 32.8 Å². The van der Waals surface area contributed by atoms with Crippen molar-refractivity contribution in [3.8, 4) is 5.75 Å². The lowest BCUT2D eigenvalue weighted by atomic mass is 10.1. The minimum absolute atomic E-state index is 0.149. The molecule has 4 nitrogen and oxygen atoms in total. The zero-order valence-corrected chi connectivity index (χ0v) is 12.7. The highest BCUT2D eigenvalue weighted by atomic mass is 16.5. The molecule has 1 unspecified atom stereocenters. The number of amides is 1. The van der Waals surface area contributed by atoms with E-state index in [1.165, 1.54) is 0 Å². The second-order valence-electron chi connectivity index (χ2n) is 5.09. The number of nitrogens with one attached hydrogen (secondary N) is 1. The summed E-state index contributed by atoms with van der Waals surface area (Å²) >= 11 is 0. The molecule has 1 aromatic rings. The number of carbonyl (C=O) groups is 1. The predicted octanol–water partition coefficient (Wildman–Crippen LogP) is 3.24. The molecule has 0 fully saturated rings. The van der Waals surface area contributed by atoms with Crippen molar-refractivity contribution in [2.45, 2.75) is 52.5 Å². The fourth-order valence-corrected chi connectivity index (χ4v) is 1.84. The number of rotatable bonds is 8. The lowest BCUT2D eigenvalue weighted by molar-refractivity contribution is -0.117. The van der Waals surface area contributed by atoms with Crippen LogP contribution in [0.3, 0.4) is 0 Å². The first-order chi connectivity index (χ1) is 9.58. The van der Waals surface area contributed by atoms with Gasteiger partial charge in [-0.15, -0.1) is 0 Å². The van der Waals surface area contributed by atoms with Crippen LogP contribution < -0.4 is 15.8 Å². The third-order valence-electron chi connectivity index (χ3n) is 3.06. The third kappa shape index (κ3) is 5.21. The van der Waals surface area contributed by atoms with Crippen LogP contribution in [0.5, 0.6) is 5.75 Å². The Labute approximate surface area is 121 Å². The lowest BCUT2D eigenvalue weighted by Crippen LogP contribution is -2.35. The summed E-state index contributed by atoms with van der Waals surface area (Å²) in [5.41, 5.74) is 7.68. The van der Waals surface area contributed by atoms with Gasteiger partial charge in [0.25, 0.3) is 0 Å². The molecule has 0 heterocycles. The maximum absolute atomic E-state index is 12.0. The summed E-state index contributed by atoms with van der Waals surface area (Å²) in [6, 6.07) is 5.29. The Morgan fingerprint density at radius 2 is 2.10 bits per heavy atom. The van der Waals surface area contributed by atoms with Gasteiger partial charge in [-0.25, -0.2) is 0 Å². The molecule has 3 N–H and O–H groups in total. The Balaban J connectivity index is 2.72. The van der Waals surface area contributed by atoms with E-state index in [0.29, 0.717) is 24.5 Å². The molecule has 0 aliphatic carbocycles. The fraction of sp³-hybridized carbons (Fsp3) is 0.562. The molecule has 1 amide bonds. The molecule has 1 aromatic carbocycles. The Hall–Kier alpha value is -1.55. The highest BCUT2D eigenvalue weighted by molar-refractivity contribution is 5.95. The van der Waals surface area contributed by atoms with Gasteiger partial charge in [0.15, 0.2) is 0 Å². The Morgan fingerprint density at radius 3 is 2.75 bits per heavy atom. The van der Waals surface area contributed by atoms with Crippen LogP contribution >= 0.6 is 0 Å². The number of nitrogens with two attached hydrogens (primary N) is 1. The summed E-state index contributed by atoms with van der Waals surface area (Å²) in [6.45, 7) is 6.77. The number of unbranched alkanes of at least 4 members (excludes halogenated alkanes) is 1. The summed E-state index contributed by atoms with van der Waals surface area (Å²) < 4.78 is 5.67. The van der Waals surface area contributed by atoms with E-state index >= 15 is 0 Å². The largest absolute Gasteiger partial charge is 0.491 e. The van der Waals surface area contributed by atoms with E-state index in [4.69, 9.17) is 10.5 Å². The van der Waals surface area contributed by atoms with Crippen molar-refractivity contribution < 1.29 is 9.53 Å². The number of ether oxygens (including phenoxy) is 1. The summed E-state index contributed by atoms with van der Waals surface area (Å²) in [4.78, 5) is 12.0. The van der Waals surface area contributed by atoms with Crippen LogP contribution in [0.2, 0.25) is 0 Å². The average Bonchev–Trinajstić information content (AvgIpc) is 2.44. The van der Waals surface area contributed by atoms with Gasteiger partial charge in [-0.05, 0) is 37.5 Å². The maximum atomic E-state index is 12.0. The van der Waals surface area contributed by atoms with Crippen molar-refractivity contribution in [1.82, 2.24) is 0 Å². The molecular weight excluding hydrogens is 252 g/mol. The van der Waals surface area contributed by atoms with Crippen molar-refractivity contribution in [2.75, 3.05) is 11.9 Å². The third-order valence-corrected chi connectivity index (χ3v) is 3.06. The van der Waals surface area contributed by atoms with Crippen LogP contribution in [0.4, 0.5) is 5.69 Å². The summed E-state index contributed by atoms with van der Waals surface area (Å²) in [6.07, 6.45) is 3.63. The highest BCUT2D eigenvalue weighted by Gasteiger charge is 2.15. The molecule has 1 rings (SSSR count). The number of benzene rings is 1. The molecule has 0 aliphatic rings. The Kier molecular flexibility index (Phi) is 7.09. The van der Waals surface area contributed by atoms with Crippen molar-refractivity contribution in [3.63, 3.8) is 0 Å². The predicted molar refractivity (Wildman–Crippen MR) is 83.1 cm³/mol. The molecule has 0 spiro atoms. The monoisotopic (exact) mass is 278 g/mol. The first-order valence-electron chi connectivity index (χ1n) is 7.38. The minimum atomic E-state index is -0.463. The first-order valence-corrected chi connectivity index (χ1v) is 7.38. The van der Waals surface area contributed by atoms with Gasteiger partial charge in [0.1, 0.15) is 5.75 Å². The van der Waals surface area contributed by atoms with Gasteiger partial charge in [-0.2, -0.15) is 0 Å². The highest BCUT2D eigenvalue weighted by Crippen LogP contribution is 2.26. The van der Waals surface area contributed by atoms with Crippen molar-refractivity contribution in [1.29, 1.82) is 0 Å². The molecule has 0 aliphatic heterocycles. The van der Waals surface area contributed by atoms with E-state index in [1.54, 1.807) is 0 Å². The van der Waals surface area contributed by atoms with E-state index in [9.17, 15) is 4.79 Å². The van der Waals surface area contributed by atoms with E-state index in [1.807, 2.05) is 25.1 Å². The summed E-state index contributed by atoms with van der Waals surface area (Å²) in [5.74, 6) is 0.562. The number of hydrogen-bond acceptors (Lipinski definition) is 3. The van der Waals surface area contributed by atoms with Crippen LogP contribution in [0.1, 0.15) is 45.1 Å². The van der Waals surface area contributed by atoms with Gasteiger partial charge < -0.3 is 15.8 Å². The SMILES string of the molecule is CCCCC(N)C(=O)Nc1ccc(C)cc1OCCC. The molecule has 0 aromatic heterocycles. The van der Waals surface area contributed by atoms with E-state index in [0.717, 1.165) is 24.8 Å². The number of anilines is 1. The minimum Gasteiger partial charge on any atom is -0.491 e. The smallest absolute Gasteiger partial charge is 0.241 e. The zero-order chi connectivity index (χ0) is 15.0. The van der Waals surface area contributed by atoms with E-state index < -0.39 is 6.04 Å². The lowest BCUT2D eigenvalue weighted by Gasteiger charge is -2.15. The molecule has 4 heteroatoms. The molecule has 0 bridgehead atoms. The standard InChI is InChI=1S/C16H26N2O2/c1-4-6-7-13(17)16(19)18-14-9-8-12(3)11-15(14)20-10-5-2/h8-9,11,13H,4-7,10,17H2,1-3H3,(H,18,19). The normalized spacial score (nSPS) is 12.0. The average molecular weight is 278 g/mol. The van der Waals surface area contributed by atoms with Crippen LogP contribution in [-0.2, 0) is 4.79 Å². The van der Waals surface area contributed by atoms with Crippen LogP contribution in [-0.4, -0.2) is 18.6 Å². The van der Waals surface area contributed by atoms with E-state index in [2.05, 4.69) is 19.2 Å². The molecule has 0 saturated carbocycles. The fourth-order valence-electron chi connectivity index (χ4n) is 1.84. The summed E-state index contributed by atoms with van der Waals surface area (Å²) in [7, 11) is 0. The van der Waals surface area contributed by atoms with Crippen LogP contribution in [0.25, 0.3) is 0 Å². The molecule has 1 atom stereocenters. The van der Waals surface area contributed by atoms with Crippen LogP contribution in [0.15, 0.2) is 18.2 Å². The molecule has 0 saturated heterocycles. The van der Waals surface area contributed by atoms with Crippen molar-refractivity contribution in [2.24, 2.45) is 5.73 Å². The molecular formula is C16H26N2O2. The first kappa shape index (κ1) is 16.5. The quantitative estimate of drug-likeness (QED) is 0.767. The van der Waals surface area contributed by atoms with Gasteiger partial charge >= 0.3 is 0 Å². The molecule has 20 heavy (non-hydrogen) atoms. The van der Waals surface area contributed by atoms with E-state index in [-0.39, 0.29) is 5.91 Å². The maximum Gasteiger partial charge on any atom is 0.241 e. The number of carbonyl (C=O) groups excluding carboxylic acids is 1. The van der Waals surface area contributed by atoms with Gasteiger partial charge in [-0.3, -0.25) is 4.79 Å². The van der Waals surface area contributed by atoms with Crippen molar-refractivity contribution in [3.05, 3.63) is 23.8 Å². The topological polar surface area (TPSA) is 64.4 Å². The molecule has 0 radical (unpaired) electrons. The van der Waals surface area contributed by atoms with Crippen molar-refractivity contribution >= 4 is 11.6 Å². The summed E-state index contributed by atoms with van der Waals surface area (Å²) in [5, 5.41) is 2.87. The molecule has 112 valence electrons. The number of hydrogen-bond donors (Lipinski definition) is 2. The number of aryl methyl sites for hydroxylation is 1. The van der Waals surface area contributed by atoms with Gasteiger partial charge in [0, 0.05) is 0 Å². The Morgan fingerprint density at radius 1 is 1.35 bits per heavy atom. The Bertz CT molecular complexity index is 432. The van der Waals surface area contributed by atoms with Gasteiger partial charge in [0.2, 0.25) is 5.91 Å². The second kappa shape index (κ2) is 8.59. The van der Waals surface area contributed by atoms with Crippen LogP contribution in [0, 0.1) is 6.92 Å². The second-order valence-corrected chi connectivity index (χ2v) is 5.09. The zero-order valence-electron chi connectivity index (χ0n) is 12.7. The van der Waals surface area contributed by atoms with Gasteiger partial charge in [0.05, 0.1) is 18.3 Å².